The molecule has 0 unspecified atom stereocenters. The van der Waals surface area contributed by atoms with Crippen molar-refractivity contribution in [2.75, 3.05) is 5.32 Å². The fraction of sp³-hybridized carbons (Fsp3) is 0.312. The van der Waals surface area contributed by atoms with Gasteiger partial charge >= 0.3 is 6.03 Å². The van der Waals surface area contributed by atoms with Crippen LogP contribution in [0.3, 0.4) is 0 Å². The number of benzene rings is 1. The minimum atomic E-state index is -4.29. The molecule has 9 heteroatoms. The van der Waals surface area contributed by atoms with Gasteiger partial charge in [-0.05, 0) is 50.4 Å². The summed E-state index contributed by atoms with van der Waals surface area (Å²) in [6, 6.07) is 5.55. The topological polar surface area (TPSA) is 109 Å². The summed E-state index contributed by atoms with van der Waals surface area (Å²) in [5.74, 6) is 0. The second-order valence-electron chi connectivity index (χ2n) is 6.14. The number of nitrogens with one attached hydrogen (secondary N) is 2. The lowest BCUT2D eigenvalue weighted by molar-refractivity contribution is 0.0781. The Hall–Kier alpha value is -2.03. The molecule has 3 N–H and O–H groups in total. The zero-order chi connectivity index (χ0) is 19.0. The predicted molar refractivity (Wildman–Crippen MR) is 94.2 cm³/mol. The van der Waals surface area contributed by atoms with Crippen LogP contribution in [0.5, 0.6) is 0 Å². The van der Waals surface area contributed by atoms with E-state index in [-0.39, 0.29) is 10.8 Å². The van der Waals surface area contributed by atoms with E-state index in [1.165, 1.54) is 13.8 Å². The molecule has 0 saturated heterocycles. The quantitative estimate of drug-likeness (QED) is 0.747. The molecule has 0 atom stereocenters. The smallest absolute Gasteiger partial charge is 0.333 e. The maximum absolute atomic E-state index is 12.3. The molecule has 0 fully saturated rings. The highest BCUT2D eigenvalue weighted by molar-refractivity contribution is 7.89. The third kappa shape index (κ3) is 4.33. The van der Waals surface area contributed by atoms with Crippen molar-refractivity contribution in [1.29, 1.82) is 0 Å². The maximum atomic E-state index is 12.3. The number of carbonyl (C=O) groups is 1. The lowest BCUT2D eigenvalue weighted by atomic mass is 10.0. The maximum Gasteiger partial charge on any atom is 0.333 e. The van der Waals surface area contributed by atoms with Crippen LogP contribution in [-0.2, 0) is 15.6 Å². The molecule has 0 aliphatic heterocycles. The second kappa shape index (κ2) is 6.70. The van der Waals surface area contributed by atoms with Crippen LogP contribution in [0.25, 0.3) is 0 Å². The number of anilines is 1. The summed E-state index contributed by atoms with van der Waals surface area (Å²) in [5, 5.41) is 11.6. The highest BCUT2D eigenvalue weighted by Gasteiger charge is 2.29. The van der Waals surface area contributed by atoms with E-state index in [1.807, 2.05) is 10.8 Å². The summed E-state index contributed by atoms with van der Waals surface area (Å²) in [4.78, 5) is 12.1. The molecule has 1 aromatic carbocycles. The minimum absolute atomic E-state index is 0.102. The fourth-order valence-corrected chi connectivity index (χ4v) is 3.50. The normalized spacial score (nSPS) is 12.1. The van der Waals surface area contributed by atoms with Crippen molar-refractivity contribution in [2.24, 2.45) is 0 Å². The molecule has 7 nitrogen and oxygen atoms in total. The van der Waals surface area contributed by atoms with Gasteiger partial charge in [-0.2, -0.15) is 8.42 Å². The SMILES string of the molecule is Cc1cccc(C)c1NC(=O)NS(=O)(=O)c1cc(C(C)(C)O)c(Cl)o1. The van der Waals surface area contributed by atoms with Crippen molar-refractivity contribution in [1.82, 2.24) is 4.72 Å². The fourth-order valence-electron chi connectivity index (χ4n) is 2.22. The van der Waals surface area contributed by atoms with E-state index < -0.39 is 26.7 Å². The summed E-state index contributed by atoms with van der Waals surface area (Å²) >= 11 is 5.82. The zero-order valence-corrected chi connectivity index (χ0v) is 15.7. The average molecular weight is 387 g/mol. The summed E-state index contributed by atoms with van der Waals surface area (Å²) in [7, 11) is -4.29. The Labute approximate surface area is 151 Å². The summed E-state index contributed by atoms with van der Waals surface area (Å²) in [6.07, 6.45) is 0. The van der Waals surface area contributed by atoms with Gasteiger partial charge in [-0.25, -0.2) is 9.52 Å². The van der Waals surface area contributed by atoms with Crippen molar-refractivity contribution in [3.8, 4) is 0 Å². The van der Waals surface area contributed by atoms with Crippen LogP contribution in [0.4, 0.5) is 10.5 Å². The lowest BCUT2D eigenvalue weighted by Gasteiger charge is -2.14. The van der Waals surface area contributed by atoms with E-state index in [4.69, 9.17) is 16.0 Å². The number of aryl methyl sites for hydroxylation is 2. The number of amides is 2. The average Bonchev–Trinajstić information content (AvgIpc) is 2.85. The molecular weight excluding hydrogens is 368 g/mol. The van der Waals surface area contributed by atoms with Crippen LogP contribution in [0.1, 0.15) is 30.5 Å². The first kappa shape index (κ1) is 19.3. The molecule has 0 bridgehead atoms. The number of hydrogen-bond donors (Lipinski definition) is 3. The van der Waals surface area contributed by atoms with Gasteiger partial charge in [0.15, 0.2) is 0 Å². The van der Waals surface area contributed by atoms with Crippen molar-refractivity contribution >= 4 is 33.3 Å². The van der Waals surface area contributed by atoms with Crippen molar-refractivity contribution in [3.63, 3.8) is 0 Å². The summed E-state index contributed by atoms with van der Waals surface area (Å²) in [6.45, 7) is 6.44. The number of hydrogen-bond acceptors (Lipinski definition) is 5. The molecule has 1 aromatic heterocycles. The largest absolute Gasteiger partial charge is 0.431 e. The van der Waals surface area contributed by atoms with Crippen LogP contribution < -0.4 is 10.0 Å². The number of furan rings is 1. The number of aliphatic hydroxyl groups is 1. The van der Waals surface area contributed by atoms with E-state index in [0.29, 0.717) is 5.69 Å². The van der Waals surface area contributed by atoms with E-state index in [2.05, 4.69) is 5.32 Å². The Morgan fingerprint density at radius 3 is 2.28 bits per heavy atom. The molecule has 0 saturated carbocycles. The van der Waals surface area contributed by atoms with Crippen LogP contribution in [0, 0.1) is 13.8 Å². The highest BCUT2D eigenvalue weighted by atomic mass is 35.5. The number of carbonyl (C=O) groups excluding carboxylic acids is 1. The Morgan fingerprint density at radius 2 is 1.80 bits per heavy atom. The highest BCUT2D eigenvalue weighted by Crippen LogP contribution is 2.32. The van der Waals surface area contributed by atoms with Crippen LogP contribution in [-0.4, -0.2) is 19.6 Å². The Kier molecular flexibility index (Phi) is 5.17. The van der Waals surface area contributed by atoms with E-state index in [1.54, 1.807) is 26.0 Å². The van der Waals surface area contributed by atoms with Gasteiger partial charge in [-0.1, -0.05) is 18.2 Å². The first-order valence-corrected chi connectivity index (χ1v) is 9.20. The molecule has 136 valence electrons. The number of rotatable bonds is 4. The molecule has 2 aromatic rings. The van der Waals surface area contributed by atoms with Gasteiger partial charge in [-0.3, -0.25) is 0 Å². The zero-order valence-electron chi connectivity index (χ0n) is 14.2. The number of para-hydroxylation sites is 1. The van der Waals surface area contributed by atoms with Gasteiger partial charge in [0.25, 0.3) is 10.0 Å². The third-order valence-electron chi connectivity index (χ3n) is 3.53. The van der Waals surface area contributed by atoms with E-state index >= 15 is 0 Å². The first-order chi connectivity index (χ1) is 11.4. The lowest BCUT2D eigenvalue weighted by Crippen LogP contribution is -2.34. The minimum Gasteiger partial charge on any atom is -0.431 e. The molecule has 0 radical (unpaired) electrons. The number of urea groups is 1. The standard InChI is InChI=1S/C16H19ClN2O5S/c1-9-6-5-7-10(2)13(9)18-15(20)19-25(22,23)12-8-11(14(17)24-12)16(3,4)21/h5-8,21H,1-4H3,(H2,18,19,20). The third-order valence-corrected chi connectivity index (χ3v) is 5.00. The molecule has 2 amide bonds. The van der Waals surface area contributed by atoms with E-state index in [0.717, 1.165) is 17.2 Å². The molecule has 25 heavy (non-hydrogen) atoms. The summed E-state index contributed by atoms with van der Waals surface area (Å²) < 4.78 is 31.4. The molecule has 0 spiro atoms. The Balaban J connectivity index is 2.23. The second-order valence-corrected chi connectivity index (χ2v) is 8.09. The van der Waals surface area contributed by atoms with Gasteiger partial charge in [0.1, 0.15) is 0 Å². The van der Waals surface area contributed by atoms with E-state index in [9.17, 15) is 18.3 Å². The Morgan fingerprint density at radius 1 is 1.24 bits per heavy atom. The predicted octanol–water partition coefficient (Wildman–Crippen LogP) is 3.29. The molecular formula is C16H19ClN2O5S. The number of sulfonamides is 1. The molecule has 2 rings (SSSR count). The first-order valence-electron chi connectivity index (χ1n) is 7.34. The molecule has 0 aliphatic rings. The molecule has 0 aliphatic carbocycles. The number of halogens is 1. The molecule has 1 heterocycles. The van der Waals surface area contributed by atoms with Crippen molar-refractivity contribution < 1.29 is 22.7 Å². The van der Waals surface area contributed by atoms with Crippen LogP contribution in [0.15, 0.2) is 33.8 Å². The van der Waals surface area contributed by atoms with Gasteiger partial charge < -0.3 is 14.8 Å². The monoisotopic (exact) mass is 386 g/mol. The van der Waals surface area contributed by atoms with Crippen molar-refractivity contribution in [2.45, 2.75) is 38.4 Å². The van der Waals surface area contributed by atoms with Crippen LogP contribution >= 0.6 is 11.6 Å². The van der Waals surface area contributed by atoms with Gasteiger partial charge in [-0.15, -0.1) is 0 Å². The van der Waals surface area contributed by atoms with Crippen LogP contribution in [0.2, 0.25) is 5.22 Å². The summed E-state index contributed by atoms with van der Waals surface area (Å²) in [5.41, 5.74) is 0.805. The van der Waals surface area contributed by atoms with Gasteiger partial charge in [0, 0.05) is 17.3 Å². The Bertz CT molecular complexity index is 893. The van der Waals surface area contributed by atoms with Crippen molar-refractivity contribution in [3.05, 3.63) is 46.2 Å². The van der Waals surface area contributed by atoms with Gasteiger partial charge in [0.2, 0.25) is 10.3 Å². The van der Waals surface area contributed by atoms with Gasteiger partial charge in [0.05, 0.1) is 5.60 Å².